The normalized spacial score (nSPS) is 11.4. The SMILES string of the molecule is CC(C)(C)OC(=O)N(C(=O)OC(C)(C)C)c1nccc2ccc(CNC(=O)Cc3nc(Cl)ccc3C#N)cc12. The first-order valence-electron chi connectivity index (χ1n) is 12.1. The number of nitrogens with zero attached hydrogens (tertiary/aromatic N) is 4. The van der Waals surface area contributed by atoms with Crippen molar-refractivity contribution in [2.75, 3.05) is 4.90 Å². The molecule has 0 aliphatic heterocycles. The zero-order valence-corrected chi connectivity index (χ0v) is 23.4. The second kappa shape index (κ2) is 11.7. The molecule has 11 heteroatoms. The smallest absolute Gasteiger partial charge is 0.425 e. The minimum Gasteiger partial charge on any atom is -0.443 e. The molecule has 204 valence electrons. The molecule has 39 heavy (non-hydrogen) atoms. The molecule has 3 amide bonds. The molecule has 3 rings (SSSR count). The highest BCUT2D eigenvalue weighted by molar-refractivity contribution is 6.29. The zero-order valence-electron chi connectivity index (χ0n) is 22.7. The van der Waals surface area contributed by atoms with Crippen LogP contribution < -0.4 is 10.2 Å². The van der Waals surface area contributed by atoms with Gasteiger partial charge in [-0.05, 0) is 76.8 Å². The van der Waals surface area contributed by atoms with Crippen LogP contribution in [0.15, 0.2) is 42.6 Å². The summed E-state index contributed by atoms with van der Waals surface area (Å²) in [5.41, 5.74) is -0.530. The number of amides is 3. The van der Waals surface area contributed by atoms with E-state index in [1.165, 1.54) is 18.3 Å². The number of aromatic nitrogens is 2. The average molecular weight is 552 g/mol. The van der Waals surface area contributed by atoms with E-state index in [1.54, 1.807) is 65.8 Å². The van der Waals surface area contributed by atoms with E-state index >= 15 is 0 Å². The summed E-state index contributed by atoms with van der Waals surface area (Å²) < 4.78 is 11.0. The van der Waals surface area contributed by atoms with Gasteiger partial charge >= 0.3 is 12.2 Å². The number of pyridine rings is 2. The number of fused-ring (bicyclic) bond motifs is 1. The number of benzene rings is 1. The largest absolute Gasteiger partial charge is 0.443 e. The fourth-order valence-electron chi connectivity index (χ4n) is 3.48. The molecule has 1 N–H and O–H groups in total. The van der Waals surface area contributed by atoms with E-state index in [1.807, 2.05) is 6.07 Å². The lowest BCUT2D eigenvalue weighted by atomic mass is 10.1. The molecule has 0 radical (unpaired) electrons. The number of rotatable bonds is 5. The molecule has 1 aromatic carbocycles. The molecular formula is C28H30ClN5O5. The van der Waals surface area contributed by atoms with Crippen LogP contribution in [0.3, 0.4) is 0 Å². The Labute approximate surface area is 231 Å². The number of nitrogens with one attached hydrogen (secondary N) is 1. The van der Waals surface area contributed by atoms with Crippen molar-refractivity contribution in [1.82, 2.24) is 15.3 Å². The fraction of sp³-hybridized carbons (Fsp3) is 0.357. The number of carbonyl (C=O) groups is 3. The van der Waals surface area contributed by atoms with E-state index in [-0.39, 0.29) is 41.1 Å². The highest BCUT2D eigenvalue weighted by atomic mass is 35.5. The summed E-state index contributed by atoms with van der Waals surface area (Å²) in [5.74, 6) is -0.331. The maximum atomic E-state index is 13.1. The number of hydrogen-bond acceptors (Lipinski definition) is 8. The Kier molecular flexibility index (Phi) is 8.77. The molecule has 0 saturated heterocycles. The lowest BCUT2D eigenvalue weighted by Gasteiger charge is -2.28. The summed E-state index contributed by atoms with van der Waals surface area (Å²) in [7, 11) is 0. The first kappa shape index (κ1) is 29.3. The molecule has 0 bridgehead atoms. The van der Waals surface area contributed by atoms with Crippen LogP contribution >= 0.6 is 11.6 Å². The van der Waals surface area contributed by atoms with Crippen molar-refractivity contribution in [3.05, 3.63) is 64.6 Å². The summed E-state index contributed by atoms with van der Waals surface area (Å²) in [4.78, 5) is 48.1. The van der Waals surface area contributed by atoms with Gasteiger partial charge < -0.3 is 14.8 Å². The number of nitriles is 1. The summed E-state index contributed by atoms with van der Waals surface area (Å²) in [6.07, 6.45) is -0.517. The number of imide groups is 1. The summed E-state index contributed by atoms with van der Waals surface area (Å²) >= 11 is 5.91. The van der Waals surface area contributed by atoms with Crippen LogP contribution in [0.2, 0.25) is 5.15 Å². The van der Waals surface area contributed by atoms with Gasteiger partial charge in [0.1, 0.15) is 22.4 Å². The molecular weight excluding hydrogens is 522 g/mol. The Bertz CT molecular complexity index is 1430. The van der Waals surface area contributed by atoms with Gasteiger partial charge in [-0.15, -0.1) is 0 Å². The van der Waals surface area contributed by atoms with Crippen LogP contribution in [0.25, 0.3) is 10.8 Å². The lowest BCUT2D eigenvalue weighted by molar-refractivity contribution is -0.120. The van der Waals surface area contributed by atoms with Crippen LogP contribution in [-0.2, 0) is 27.2 Å². The average Bonchev–Trinajstić information content (AvgIpc) is 2.81. The quantitative estimate of drug-likeness (QED) is 0.399. The van der Waals surface area contributed by atoms with Crippen molar-refractivity contribution in [3.8, 4) is 6.07 Å². The molecule has 3 aromatic rings. The Hall–Kier alpha value is -4.23. The molecule has 0 aliphatic carbocycles. The Morgan fingerprint density at radius 2 is 1.64 bits per heavy atom. The van der Waals surface area contributed by atoms with Gasteiger partial charge in [0, 0.05) is 18.1 Å². The standard InChI is InChI=1S/C28H30ClN5O5/c1-27(2,3)38-25(36)34(26(37)39-28(4,5)6)24-20-13-17(7-8-18(20)11-12-31-24)16-32-23(35)14-21-19(15-30)9-10-22(29)33-21/h7-13H,14,16H2,1-6H3,(H,32,35). The third-order valence-electron chi connectivity index (χ3n) is 5.05. The predicted octanol–water partition coefficient (Wildman–Crippen LogP) is 5.69. The van der Waals surface area contributed by atoms with E-state index in [0.717, 1.165) is 4.90 Å². The minimum atomic E-state index is -0.933. The fourth-order valence-corrected chi connectivity index (χ4v) is 3.64. The first-order valence-corrected chi connectivity index (χ1v) is 12.5. The van der Waals surface area contributed by atoms with Crippen LogP contribution in [0.4, 0.5) is 15.4 Å². The topological polar surface area (TPSA) is 135 Å². The van der Waals surface area contributed by atoms with Crippen molar-refractivity contribution in [2.24, 2.45) is 0 Å². The maximum Gasteiger partial charge on any atom is 0.425 e. The van der Waals surface area contributed by atoms with Gasteiger partial charge in [0.15, 0.2) is 5.82 Å². The third kappa shape index (κ3) is 8.12. The van der Waals surface area contributed by atoms with E-state index in [9.17, 15) is 19.6 Å². The summed E-state index contributed by atoms with van der Waals surface area (Å²) in [6, 6.07) is 12.0. The first-order chi connectivity index (χ1) is 18.2. The highest BCUT2D eigenvalue weighted by Gasteiger charge is 2.34. The Balaban J connectivity index is 1.91. The molecule has 0 aliphatic rings. The van der Waals surface area contributed by atoms with Gasteiger partial charge in [-0.1, -0.05) is 23.7 Å². The van der Waals surface area contributed by atoms with Crippen LogP contribution in [0.1, 0.15) is 58.4 Å². The van der Waals surface area contributed by atoms with E-state index < -0.39 is 23.4 Å². The molecule has 0 spiro atoms. The van der Waals surface area contributed by atoms with Gasteiger partial charge in [0.25, 0.3) is 0 Å². The third-order valence-corrected chi connectivity index (χ3v) is 5.26. The second-order valence-electron chi connectivity index (χ2n) is 10.7. The molecule has 0 unspecified atom stereocenters. The van der Waals surface area contributed by atoms with Gasteiger partial charge in [-0.2, -0.15) is 10.2 Å². The number of carbonyl (C=O) groups excluding carboxylic acids is 3. The monoisotopic (exact) mass is 551 g/mol. The zero-order chi connectivity index (χ0) is 29.0. The van der Waals surface area contributed by atoms with Gasteiger partial charge in [-0.3, -0.25) is 4.79 Å². The van der Waals surface area contributed by atoms with Crippen LogP contribution in [-0.4, -0.2) is 39.3 Å². The Morgan fingerprint density at radius 1 is 1.00 bits per heavy atom. The number of hydrogen-bond donors (Lipinski definition) is 1. The molecule has 0 saturated carbocycles. The van der Waals surface area contributed by atoms with Crippen molar-refractivity contribution in [3.63, 3.8) is 0 Å². The lowest BCUT2D eigenvalue weighted by Crippen LogP contribution is -2.44. The molecule has 2 aromatic heterocycles. The van der Waals surface area contributed by atoms with Crippen LogP contribution in [0, 0.1) is 11.3 Å². The van der Waals surface area contributed by atoms with Gasteiger partial charge in [0.05, 0.1) is 17.7 Å². The van der Waals surface area contributed by atoms with Crippen molar-refractivity contribution >= 4 is 46.3 Å². The predicted molar refractivity (Wildman–Crippen MR) is 146 cm³/mol. The second-order valence-corrected chi connectivity index (χ2v) is 11.1. The van der Waals surface area contributed by atoms with Crippen molar-refractivity contribution in [1.29, 1.82) is 5.26 Å². The van der Waals surface area contributed by atoms with Crippen LogP contribution in [0.5, 0.6) is 0 Å². The van der Waals surface area contributed by atoms with Crippen molar-refractivity contribution < 1.29 is 23.9 Å². The Morgan fingerprint density at radius 3 is 2.23 bits per heavy atom. The number of anilines is 1. The molecule has 2 heterocycles. The summed E-state index contributed by atoms with van der Waals surface area (Å²) in [5, 5.41) is 13.4. The summed E-state index contributed by atoms with van der Waals surface area (Å²) in [6.45, 7) is 10.3. The van der Waals surface area contributed by atoms with E-state index in [0.29, 0.717) is 16.3 Å². The van der Waals surface area contributed by atoms with Gasteiger partial charge in [-0.25, -0.2) is 19.6 Å². The van der Waals surface area contributed by atoms with E-state index in [2.05, 4.69) is 15.3 Å². The minimum absolute atomic E-state index is 0.0333. The van der Waals surface area contributed by atoms with Gasteiger partial charge in [0.2, 0.25) is 5.91 Å². The number of halogens is 1. The maximum absolute atomic E-state index is 13.1. The highest BCUT2D eigenvalue weighted by Crippen LogP contribution is 2.28. The molecule has 0 fully saturated rings. The van der Waals surface area contributed by atoms with Crippen molar-refractivity contribution in [2.45, 2.75) is 65.7 Å². The number of ether oxygens (including phenoxy) is 2. The van der Waals surface area contributed by atoms with E-state index in [4.69, 9.17) is 21.1 Å². The molecule has 0 atom stereocenters. The molecule has 10 nitrogen and oxygen atoms in total.